The van der Waals surface area contributed by atoms with Gasteiger partial charge in [-0.2, -0.15) is 4.98 Å². The Morgan fingerprint density at radius 2 is 1.90 bits per heavy atom. The highest BCUT2D eigenvalue weighted by molar-refractivity contribution is 7.90. The van der Waals surface area contributed by atoms with Gasteiger partial charge in [0.05, 0.1) is 5.41 Å². The van der Waals surface area contributed by atoms with E-state index in [1.807, 2.05) is 24.3 Å². The standard InChI is InChI=1S/C14H17N3O3S/c1-9(21(2,18)19)12-16-13(20-17-12)14(7-8-14)10-3-5-11(15)6-4-10/h3-6,9H,7-8,15H2,1-2H3. The van der Waals surface area contributed by atoms with Crippen LogP contribution in [0.3, 0.4) is 0 Å². The molecule has 0 saturated heterocycles. The van der Waals surface area contributed by atoms with Crippen LogP contribution in [-0.4, -0.2) is 24.8 Å². The van der Waals surface area contributed by atoms with Gasteiger partial charge < -0.3 is 10.3 Å². The molecule has 0 bridgehead atoms. The van der Waals surface area contributed by atoms with E-state index in [0.717, 1.165) is 18.4 Å². The van der Waals surface area contributed by atoms with Gasteiger partial charge in [-0.3, -0.25) is 0 Å². The predicted octanol–water partition coefficient (Wildman–Crippen LogP) is 1.84. The maximum absolute atomic E-state index is 11.6. The Balaban J connectivity index is 1.95. The largest absolute Gasteiger partial charge is 0.399 e. The highest BCUT2D eigenvalue weighted by Crippen LogP contribution is 2.53. The predicted molar refractivity (Wildman–Crippen MR) is 78.4 cm³/mol. The van der Waals surface area contributed by atoms with Crippen molar-refractivity contribution in [1.29, 1.82) is 0 Å². The molecule has 1 aliphatic carbocycles. The first-order valence-corrected chi connectivity index (χ1v) is 8.67. The lowest BCUT2D eigenvalue weighted by Crippen LogP contribution is -2.12. The van der Waals surface area contributed by atoms with Crippen molar-refractivity contribution in [3.05, 3.63) is 41.5 Å². The third-order valence-electron chi connectivity index (χ3n) is 4.07. The lowest BCUT2D eigenvalue weighted by molar-refractivity contribution is 0.355. The summed E-state index contributed by atoms with van der Waals surface area (Å²) in [5.74, 6) is 0.701. The fourth-order valence-corrected chi connectivity index (χ4v) is 2.82. The van der Waals surface area contributed by atoms with Crippen molar-refractivity contribution < 1.29 is 12.9 Å². The fourth-order valence-electron chi connectivity index (χ4n) is 2.34. The molecule has 1 aromatic carbocycles. The van der Waals surface area contributed by atoms with Crippen LogP contribution >= 0.6 is 0 Å². The second-order valence-electron chi connectivity index (χ2n) is 5.63. The molecular weight excluding hydrogens is 290 g/mol. The summed E-state index contributed by atoms with van der Waals surface area (Å²) in [5, 5.41) is 3.08. The van der Waals surface area contributed by atoms with Crippen molar-refractivity contribution in [3.63, 3.8) is 0 Å². The van der Waals surface area contributed by atoms with Gasteiger partial charge in [0.2, 0.25) is 5.89 Å². The number of hydrogen-bond donors (Lipinski definition) is 1. The first-order chi connectivity index (χ1) is 9.83. The van der Waals surface area contributed by atoms with Crippen LogP contribution in [0.2, 0.25) is 0 Å². The molecule has 3 rings (SSSR count). The molecular formula is C14H17N3O3S. The number of anilines is 1. The Morgan fingerprint density at radius 1 is 1.29 bits per heavy atom. The Morgan fingerprint density at radius 3 is 2.43 bits per heavy atom. The van der Waals surface area contributed by atoms with Crippen LogP contribution in [0.4, 0.5) is 5.69 Å². The van der Waals surface area contributed by atoms with E-state index in [2.05, 4.69) is 10.1 Å². The Kier molecular flexibility index (Phi) is 3.05. The third-order valence-corrected chi connectivity index (χ3v) is 5.57. The second-order valence-corrected chi connectivity index (χ2v) is 8.00. The zero-order valence-electron chi connectivity index (χ0n) is 11.9. The summed E-state index contributed by atoms with van der Waals surface area (Å²) < 4.78 is 28.5. The molecule has 1 aliphatic rings. The molecule has 0 spiro atoms. The maximum atomic E-state index is 11.6. The van der Waals surface area contributed by atoms with E-state index in [1.165, 1.54) is 6.26 Å². The van der Waals surface area contributed by atoms with Gasteiger partial charge in [0.1, 0.15) is 5.25 Å². The summed E-state index contributed by atoms with van der Waals surface area (Å²) in [6, 6.07) is 7.58. The van der Waals surface area contributed by atoms with E-state index < -0.39 is 15.1 Å². The van der Waals surface area contributed by atoms with Gasteiger partial charge in [-0.05, 0) is 37.5 Å². The van der Waals surface area contributed by atoms with Crippen molar-refractivity contribution in [2.75, 3.05) is 12.0 Å². The summed E-state index contributed by atoms with van der Waals surface area (Å²) in [5.41, 5.74) is 7.19. The summed E-state index contributed by atoms with van der Waals surface area (Å²) in [6.07, 6.45) is 2.98. The molecule has 0 radical (unpaired) electrons. The molecule has 0 aliphatic heterocycles. The molecule has 7 heteroatoms. The van der Waals surface area contributed by atoms with Gasteiger partial charge in [-0.15, -0.1) is 0 Å². The number of hydrogen-bond acceptors (Lipinski definition) is 6. The van der Waals surface area contributed by atoms with Crippen LogP contribution in [0.1, 0.15) is 42.3 Å². The normalized spacial score (nSPS) is 18.4. The highest BCUT2D eigenvalue weighted by Gasteiger charge is 2.51. The quantitative estimate of drug-likeness (QED) is 0.865. The van der Waals surface area contributed by atoms with Crippen molar-refractivity contribution in [3.8, 4) is 0 Å². The molecule has 1 aromatic heterocycles. The number of aromatic nitrogens is 2. The van der Waals surface area contributed by atoms with Crippen molar-refractivity contribution in [2.45, 2.75) is 30.4 Å². The molecule has 21 heavy (non-hydrogen) atoms. The number of benzene rings is 1. The molecule has 2 N–H and O–H groups in total. The van der Waals surface area contributed by atoms with Gasteiger partial charge in [-0.1, -0.05) is 17.3 Å². The first kappa shape index (κ1) is 14.1. The van der Waals surface area contributed by atoms with E-state index in [4.69, 9.17) is 10.3 Å². The third kappa shape index (κ3) is 2.42. The minimum Gasteiger partial charge on any atom is -0.399 e. The highest BCUT2D eigenvalue weighted by atomic mass is 32.2. The van der Waals surface area contributed by atoms with Crippen LogP contribution in [0.25, 0.3) is 0 Å². The molecule has 2 aromatic rings. The van der Waals surface area contributed by atoms with E-state index >= 15 is 0 Å². The molecule has 1 fully saturated rings. The van der Waals surface area contributed by atoms with Gasteiger partial charge in [0.15, 0.2) is 15.7 Å². The van der Waals surface area contributed by atoms with Crippen LogP contribution in [0.5, 0.6) is 0 Å². The molecule has 1 saturated carbocycles. The summed E-state index contributed by atoms with van der Waals surface area (Å²) in [4.78, 5) is 4.32. The van der Waals surface area contributed by atoms with Gasteiger partial charge in [-0.25, -0.2) is 8.42 Å². The van der Waals surface area contributed by atoms with E-state index in [-0.39, 0.29) is 11.2 Å². The average Bonchev–Trinajstić information content (AvgIpc) is 3.08. The Bertz CT molecular complexity index is 761. The summed E-state index contributed by atoms with van der Waals surface area (Å²) in [7, 11) is -3.24. The SMILES string of the molecule is CC(c1noc(C2(c3ccc(N)cc3)CC2)n1)S(C)(=O)=O. The zero-order chi connectivity index (χ0) is 15.3. The van der Waals surface area contributed by atoms with Crippen molar-refractivity contribution in [1.82, 2.24) is 10.1 Å². The van der Waals surface area contributed by atoms with E-state index in [9.17, 15) is 8.42 Å². The van der Waals surface area contributed by atoms with Gasteiger partial charge in [0.25, 0.3) is 0 Å². The molecule has 1 atom stereocenters. The van der Waals surface area contributed by atoms with Crippen LogP contribution in [0.15, 0.2) is 28.8 Å². The fraction of sp³-hybridized carbons (Fsp3) is 0.429. The minimum absolute atomic E-state index is 0.217. The first-order valence-electron chi connectivity index (χ1n) is 6.72. The molecule has 0 amide bonds. The van der Waals surface area contributed by atoms with Crippen LogP contribution in [0, 0.1) is 0 Å². The van der Waals surface area contributed by atoms with E-state index in [1.54, 1.807) is 6.92 Å². The monoisotopic (exact) mass is 307 g/mol. The smallest absolute Gasteiger partial charge is 0.237 e. The zero-order valence-corrected chi connectivity index (χ0v) is 12.7. The Hall–Kier alpha value is -1.89. The van der Waals surface area contributed by atoms with Crippen molar-refractivity contribution in [2.24, 2.45) is 0 Å². The van der Waals surface area contributed by atoms with Gasteiger partial charge >= 0.3 is 0 Å². The Labute approximate surface area is 123 Å². The molecule has 1 unspecified atom stereocenters. The molecule has 1 heterocycles. The van der Waals surface area contributed by atoms with E-state index in [0.29, 0.717) is 11.6 Å². The van der Waals surface area contributed by atoms with Crippen molar-refractivity contribution >= 4 is 15.5 Å². The second kappa shape index (κ2) is 4.56. The number of nitrogens with two attached hydrogens (primary N) is 1. The topological polar surface area (TPSA) is 99.1 Å². The lowest BCUT2D eigenvalue weighted by Gasteiger charge is -2.10. The molecule has 112 valence electrons. The summed E-state index contributed by atoms with van der Waals surface area (Å²) in [6.45, 7) is 1.56. The number of sulfone groups is 1. The van der Waals surface area contributed by atoms with Gasteiger partial charge in [0, 0.05) is 11.9 Å². The van der Waals surface area contributed by atoms with Crippen LogP contribution in [-0.2, 0) is 15.3 Å². The number of nitrogen functional groups attached to an aromatic ring is 1. The number of rotatable bonds is 4. The summed E-state index contributed by atoms with van der Waals surface area (Å²) >= 11 is 0. The average molecular weight is 307 g/mol. The minimum atomic E-state index is -3.24. The maximum Gasteiger partial charge on any atom is 0.237 e. The van der Waals surface area contributed by atoms with Crippen LogP contribution < -0.4 is 5.73 Å². The molecule has 6 nitrogen and oxygen atoms in total. The lowest BCUT2D eigenvalue weighted by atomic mass is 9.96. The number of nitrogens with zero attached hydrogens (tertiary/aromatic N) is 2.